The predicted octanol–water partition coefficient (Wildman–Crippen LogP) is 5.86. The molecule has 0 bridgehead atoms. The van der Waals surface area contributed by atoms with Crippen molar-refractivity contribution in [1.82, 2.24) is 0 Å². The first-order valence-corrected chi connectivity index (χ1v) is 9.22. The lowest BCUT2D eigenvalue weighted by Crippen LogP contribution is -2.31. The van der Waals surface area contributed by atoms with E-state index in [4.69, 9.17) is 23.2 Å². The van der Waals surface area contributed by atoms with Crippen molar-refractivity contribution < 1.29 is 4.79 Å². The van der Waals surface area contributed by atoms with Crippen molar-refractivity contribution in [3.05, 3.63) is 63.6 Å². The lowest BCUT2D eigenvalue weighted by Gasteiger charge is -2.26. The summed E-state index contributed by atoms with van der Waals surface area (Å²) in [6.45, 7) is 4.07. The summed E-state index contributed by atoms with van der Waals surface area (Å²) in [5.74, 6) is 0.155. The number of carbonyl (C=O) groups excluding carboxylic acids is 1. The number of amides is 1. The molecule has 23 heavy (non-hydrogen) atoms. The Labute approximate surface area is 150 Å². The first kappa shape index (κ1) is 16.7. The molecule has 1 heterocycles. The van der Waals surface area contributed by atoms with Crippen molar-refractivity contribution >= 4 is 46.6 Å². The van der Waals surface area contributed by atoms with E-state index in [2.05, 4.69) is 0 Å². The second kappa shape index (κ2) is 6.76. The maximum Gasteiger partial charge on any atom is 0.241 e. The Morgan fingerprint density at radius 2 is 1.87 bits per heavy atom. The molecule has 0 N–H and O–H groups in total. The lowest BCUT2D eigenvalue weighted by atomic mass is 10.1. The van der Waals surface area contributed by atoms with Gasteiger partial charge in [0.2, 0.25) is 5.91 Å². The highest BCUT2D eigenvalue weighted by Crippen LogP contribution is 2.47. The van der Waals surface area contributed by atoms with Gasteiger partial charge in [0, 0.05) is 5.69 Å². The molecule has 2 nitrogen and oxygen atoms in total. The molecular weight excluding hydrogens is 349 g/mol. The molecule has 1 aliphatic heterocycles. The van der Waals surface area contributed by atoms with Gasteiger partial charge in [-0.05, 0) is 42.7 Å². The third-order valence-corrected chi connectivity index (χ3v) is 6.36. The van der Waals surface area contributed by atoms with Crippen LogP contribution >= 0.6 is 35.0 Å². The van der Waals surface area contributed by atoms with Crippen LogP contribution in [0.5, 0.6) is 0 Å². The smallest absolute Gasteiger partial charge is 0.241 e. The number of halogens is 2. The van der Waals surface area contributed by atoms with E-state index in [0.29, 0.717) is 10.0 Å². The second-order valence-corrected chi connectivity index (χ2v) is 7.66. The summed E-state index contributed by atoms with van der Waals surface area (Å²) in [5, 5.41) is 0.929. The fourth-order valence-electron chi connectivity index (χ4n) is 2.79. The molecule has 0 radical (unpaired) electrons. The third-order valence-electron chi connectivity index (χ3n) is 4.02. The van der Waals surface area contributed by atoms with Gasteiger partial charge in [-0.15, -0.1) is 11.8 Å². The van der Waals surface area contributed by atoms with Gasteiger partial charge in [0.1, 0.15) is 5.37 Å². The molecule has 2 aromatic carbocycles. The maximum atomic E-state index is 12.9. The Kier molecular flexibility index (Phi) is 4.90. The van der Waals surface area contributed by atoms with Gasteiger partial charge in [-0.25, -0.2) is 0 Å². The molecule has 2 unspecified atom stereocenters. The zero-order valence-electron chi connectivity index (χ0n) is 12.9. The Hall–Kier alpha value is -1.16. The summed E-state index contributed by atoms with van der Waals surface area (Å²) in [6, 6.07) is 13.6. The largest absolute Gasteiger partial charge is 0.295 e. The molecule has 0 saturated carbocycles. The molecule has 1 saturated heterocycles. The van der Waals surface area contributed by atoms with Gasteiger partial charge in [0.25, 0.3) is 0 Å². The molecule has 5 heteroatoms. The molecule has 0 aromatic heterocycles. The number of benzene rings is 2. The Morgan fingerprint density at radius 1 is 1.13 bits per heavy atom. The quantitative estimate of drug-likeness (QED) is 0.678. The first-order chi connectivity index (χ1) is 11.0. The highest BCUT2D eigenvalue weighted by molar-refractivity contribution is 8.01. The van der Waals surface area contributed by atoms with Crippen LogP contribution in [0.25, 0.3) is 0 Å². The van der Waals surface area contributed by atoms with Crippen molar-refractivity contribution in [2.75, 3.05) is 4.90 Å². The molecule has 0 aliphatic carbocycles. The number of carbonyl (C=O) groups is 1. The van der Waals surface area contributed by atoms with E-state index < -0.39 is 0 Å². The van der Waals surface area contributed by atoms with Crippen LogP contribution in [-0.4, -0.2) is 11.2 Å². The van der Waals surface area contributed by atoms with Crippen LogP contribution in [0, 0.1) is 6.92 Å². The standard InChI is InChI=1S/C18H17Cl2NOS/c1-3-16-17(22)21(15-7-5-4-6-11(15)2)18(23-16)12-8-9-13(19)14(20)10-12/h4-10,16,18H,3H2,1-2H3. The fraction of sp³-hybridized carbons (Fsp3) is 0.278. The van der Waals surface area contributed by atoms with Gasteiger partial charge in [-0.2, -0.15) is 0 Å². The molecule has 120 valence electrons. The first-order valence-electron chi connectivity index (χ1n) is 7.52. The molecule has 2 aromatic rings. The maximum absolute atomic E-state index is 12.9. The summed E-state index contributed by atoms with van der Waals surface area (Å²) in [4.78, 5) is 14.8. The fourth-order valence-corrected chi connectivity index (χ4v) is 4.47. The monoisotopic (exact) mass is 365 g/mol. The van der Waals surface area contributed by atoms with Crippen LogP contribution in [0.1, 0.15) is 29.8 Å². The van der Waals surface area contributed by atoms with Crippen molar-refractivity contribution in [1.29, 1.82) is 0 Å². The minimum atomic E-state index is -0.0803. The average molecular weight is 366 g/mol. The topological polar surface area (TPSA) is 20.3 Å². The Morgan fingerprint density at radius 3 is 2.52 bits per heavy atom. The van der Waals surface area contributed by atoms with Crippen LogP contribution < -0.4 is 4.90 Å². The van der Waals surface area contributed by atoms with E-state index in [9.17, 15) is 4.79 Å². The summed E-state index contributed by atoms with van der Waals surface area (Å²) < 4.78 is 0. The van der Waals surface area contributed by atoms with Gasteiger partial charge in [-0.1, -0.05) is 54.4 Å². The molecule has 1 fully saturated rings. The molecule has 0 spiro atoms. The molecule has 1 aliphatic rings. The third kappa shape index (κ3) is 3.10. The number of hydrogen-bond donors (Lipinski definition) is 0. The molecule has 3 rings (SSSR count). The highest BCUT2D eigenvalue weighted by Gasteiger charge is 2.41. The SMILES string of the molecule is CCC1SC(c2ccc(Cl)c(Cl)c2)N(c2ccccc2C)C1=O. The van der Waals surface area contributed by atoms with E-state index >= 15 is 0 Å². The normalized spacial score (nSPS) is 21.0. The second-order valence-electron chi connectivity index (χ2n) is 5.55. The van der Waals surface area contributed by atoms with Crippen LogP contribution in [0.2, 0.25) is 10.0 Å². The zero-order chi connectivity index (χ0) is 16.6. The van der Waals surface area contributed by atoms with Gasteiger partial charge in [0.05, 0.1) is 15.3 Å². The Bertz CT molecular complexity index is 750. The van der Waals surface area contributed by atoms with Crippen molar-refractivity contribution in [2.24, 2.45) is 0 Å². The minimum Gasteiger partial charge on any atom is -0.295 e. The summed E-state index contributed by atoms with van der Waals surface area (Å²) in [7, 11) is 0. The number of anilines is 1. The summed E-state index contributed by atoms with van der Waals surface area (Å²) in [6.07, 6.45) is 0.809. The molecule has 2 atom stereocenters. The van der Waals surface area contributed by atoms with E-state index in [1.165, 1.54) is 0 Å². The molecular formula is C18H17Cl2NOS. The number of nitrogens with zero attached hydrogens (tertiary/aromatic N) is 1. The number of thioether (sulfide) groups is 1. The van der Waals surface area contributed by atoms with E-state index in [1.807, 2.05) is 55.1 Å². The van der Waals surface area contributed by atoms with E-state index in [0.717, 1.165) is 23.2 Å². The van der Waals surface area contributed by atoms with E-state index in [1.54, 1.807) is 17.8 Å². The van der Waals surface area contributed by atoms with Gasteiger partial charge >= 0.3 is 0 Å². The number of rotatable bonds is 3. The van der Waals surface area contributed by atoms with Crippen LogP contribution in [0.4, 0.5) is 5.69 Å². The zero-order valence-corrected chi connectivity index (χ0v) is 15.3. The highest BCUT2D eigenvalue weighted by atomic mass is 35.5. The number of hydrogen-bond acceptors (Lipinski definition) is 2. The predicted molar refractivity (Wildman–Crippen MR) is 99.5 cm³/mol. The van der Waals surface area contributed by atoms with Crippen molar-refractivity contribution in [3.8, 4) is 0 Å². The van der Waals surface area contributed by atoms with Gasteiger partial charge < -0.3 is 0 Å². The van der Waals surface area contributed by atoms with E-state index in [-0.39, 0.29) is 16.5 Å². The lowest BCUT2D eigenvalue weighted by molar-refractivity contribution is -0.117. The van der Waals surface area contributed by atoms with Gasteiger partial charge in [0.15, 0.2) is 0 Å². The summed E-state index contributed by atoms with van der Waals surface area (Å²) in [5.41, 5.74) is 3.04. The molecule has 1 amide bonds. The van der Waals surface area contributed by atoms with Crippen LogP contribution in [0.15, 0.2) is 42.5 Å². The van der Waals surface area contributed by atoms with Gasteiger partial charge in [-0.3, -0.25) is 9.69 Å². The summed E-state index contributed by atoms with van der Waals surface area (Å²) >= 11 is 13.9. The van der Waals surface area contributed by atoms with Crippen molar-refractivity contribution in [3.63, 3.8) is 0 Å². The average Bonchev–Trinajstić information content (AvgIpc) is 2.87. The number of aryl methyl sites for hydroxylation is 1. The van der Waals surface area contributed by atoms with Crippen LogP contribution in [-0.2, 0) is 4.79 Å². The van der Waals surface area contributed by atoms with Crippen LogP contribution in [0.3, 0.4) is 0 Å². The van der Waals surface area contributed by atoms with Crippen molar-refractivity contribution in [2.45, 2.75) is 30.9 Å². The number of para-hydroxylation sites is 1. The minimum absolute atomic E-state index is 0.0333. The Balaban J connectivity index is 2.07.